The maximum absolute atomic E-state index is 12.8. The third-order valence-electron chi connectivity index (χ3n) is 5.13. The number of hydrogen-bond acceptors (Lipinski definition) is 4. The number of carbonyl (C=O) groups is 1. The second-order valence-corrected chi connectivity index (χ2v) is 6.92. The molecule has 1 aliphatic heterocycles. The van der Waals surface area contributed by atoms with Gasteiger partial charge in [0.15, 0.2) is 0 Å². The smallest absolute Gasteiger partial charge is 0.268 e. The topological polar surface area (TPSA) is 55.7 Å². The van der Waals surface area contributed by atoms with Gasteiger partial charge < -0.3 is 19.4 Å². The van der Waals surface area contributed by atoms with Crippen molar-refractivity contribution in [2.45, 2.75) is 32.0 Å². The molecule has 6 heteroatoms. The second-order valence-electron chi connectivity index (χ2n) is 6.92. The molecule has 1 fully saturated rings. The van der Waals surface area contributed by atoms with Crippen LogP contribution in [0.5, 0.6) is 5.75 Å². The SMILES string of the molecule is COc1ccc2cc(C(=O)N[C@H]3CN(C(C)C)C[C@@H]3OC)n(C)c2c1. The first-order valence-corrected chi connectivity index (χ1v) is 8.65. The van der Waals surface area contributed by atoms with E-state index in [1.165, 1.54) is 0 Å². The van der Waals surface area contributed by atoms with Crippen molar-refractivity contribution in [1.29, 1.82) is 0 Å². The summed E-state index contributed by atoms with van der Waals surface area (Å²) in [4.78, 5) is 15.2. The summed E-state index contributed by atoms with van der Waals surface area (Å²) < 4.78 is 12.8. The Morgan fingerprint density at radius 3 is 2.64 bits per heavy atom. The van der Waals surface area contributed by atoms with Crippen LogP contribution in [0, 0.1) is 0 Å². The van der Waals surface area contributed by atoms with Gasteiger partial charge in [-0.25, -0.2) is 0 Å². The van der Waals surface area contributed by atoms with Crippen LogP contribution in [-0.2, 0) is 11.8 Å². The van der Waals surface area contributed by atoms with Gasteiger partial charge in [0.05, 0.1) is 24.8 Å². The molecule has 136 valence electrons. The van der Waals surface area contributed by atoms with E-state index in [1.54, 1.807) is 14.2 Å². The molecular weight excluding hydrogens is 318 g/mol. The van der Waals surface area contributed by atoms with Crippen LogP contribution in [0.2, 0.25) is 0 Å². The maximum atomic E-state index is 12.8. The van der Waals surface area contributed by atoms with Crippen LogP contribution in [-0.4, -0.2) is 60.9 Å². The van der Waals surface area contributed by atoms with Crippen LogP contribution < -0.4 is 10.1 Å². The number of fused-ring (bicyclic) bond motifs is 1. The molecule has 0 radical (unpaired) electrons. The van der Waals surface area contributed by atoms with Crippen molar-refractivity contribution >= 4 is 16.8 Å². The molecule has 25 heavy (non-hydrogen) atoms. The molecule has 1 aromatic carbocycles. The van der Waals surface area contributed by atoms with E-state index in [4.69, 9.17) is 9.47 Å². The highest BCUT2D eigenvalue weighted by molar-refractivity contribution is 5.99. The Kier molecular flexibility index (Phi) is 5.01. The first-order chi connectivity index (χ1) is 11.9. The molecule has 3 rings (SSSR count). The number of aromatic nitrogens is 1. The Bertz CT molecular complexity index is 769. The highest BCUT2D eigenvalue weighted by atomic mass is 16.5. The molecule has 0 bridgehead atoms. The van der Waals surface area contributed by atoms with Crippen molar-refractivity contribution in [2.24, 2.45) is 7.05 Å². The van der Waals surface area contributed by atoms with Crippen LogP contribution in [0.25, 0.3) is 10.9 Å². The summed E-state index contributed by atoms with van der Waals surface area (Å²) >= 11 is 0. The fourth-order valence-electron chi connectivity index (χ4n) is 3.50. The lowest BCUT2D eigenvalue weighted by Gasteiger charge is -2.20. The number of methoxy groups -OCH3 is 2. The lowest BCUT2D eigenvalue weighted by molar-refractivity contribution is 0.0748. The molecule has 2 atom stereocenters. The number of amides is 1. The molecule has 1 aliphatic rings. The molecule has 0 spiro atoms. The molecule has 6 nitrogen and oxygen atoms in total. The molecule has 2 heterocycles. The lowest BCUT2D eigenvalue weighted by atomic mass is 10.2. The minimum absolute atomic E-state index is 0.00699. The molecule has 1 N–H and O–H groups in total. The van der Waals surface area contributed by atoms with E-state index in [0.717, 1.165) is 29.7 Å². The van der Waals surface area contributed by atoms with Crippen molar-refractivity contribution in [2.75, 3.05) is 27.3 Å². The van der Waals surface area contributed by atoms with Gasteiger partial charge in [-0.2, -0.15) is 0 Å². The van der Waals surface area contributed by atoms with Crippen LogP contribution in [0.4, 0.5) is 0 Å². The van der Waals surface area contributed by atoms with Crippen molar-refractivity contribution in [1.82, 2.24) is 14.8 Å². The third kappa shape index (κ3) is 3.37. The summed E-state index contributed by atoms with van der Waals surface area (Å²) in [5.41, 5.74) is 1.61. The molecule has 2 aromatic rings. The summed E-state index contributed by atoms with van der Waals surface area (Å²) in [6.45, 7) is 5.97. The van der Waals surface area contributed by atoms with Crippen LogP contribution in [0.1, 0.15) is 24.3 Å². The number of nitrogens with one attached hydrogen (secondary N) is 1. The molecule has 1 aromatic heterocycles. The minimum atomic E-state index is -0.0738. The average molecular weight is 345 g/mol. The largest absolute Gasteiger partial charge is 0.497 e. The lowest BCUT2D eigenvalue weighted by Crippen LogP contribution is -2.44. The summed E-state index contributed by atoms with van der Waals surface area (Å²) in [5.74, 6) is 0.707. The minimum Gasteiger partial charge on any atom is -0.497 e. The van der Waals surface area contributed by atoms with E-state index in [-0.39, 0.29) is 18.1 Å². The fraction of sp³-hybridized carbons (Fsp3) is 0.526. The summed E-state index contributed by atoms with van der Waals surface area (Å²) in [6.07, 6.45) is 0.0149. The van der Waals surface area contributed by atoms with Gasteiger partial charge in [-0.3, -0.25) is 9.69 Å². The normalized spacial score (nSPS) is 21.2. The monoisotopic (exact) mass is 345 g/mol. The number of likely N-dealkylation sites (tertiary alicyclic amines) is 1. The number of nitrogens with zero attached hydrogens (tertiary/aromatic N) is 2. The van der Waals surface area contributed by atoms with Gasteiger partial charge in [-0.1, -0.05) is 0 Å². The fourth-order valence-corrected chi connectivity index (χ4v) is 3.50. The third-order valence-corrected chi connectivity index (χ3v) is 5.13. The Morgan fingerprint density at radius 1 is 1.24 bits per heavy atom. The van der Waals surface area contributed by atoms with E-state index in [0.29, 0.717) is 11.7 Å². The first-order valence-electron chi connectivity index (χ1n) is 8.65. The number of aryl methyl sites for hydroxylation is 1. The van der Waals surface area contributed by atoms with Crippen LogP contribution in [0.3, 0.4) is 0 Å². The van der Waals surface area contributed by atoms with Crippen LogP contribution >= 0.6 is 0 Å². The summed E-state index contributed by atoms with van der Waals surface area (Å²) in [7, 11) is 5.25. The highest BCUT2D eigenvalue weighted by Gasteiger charge is 2.35. The number of ether oxygens (including phenoxy) is 2. The van der Waals surface area contributed by atoms with Crippen molar-refractivity contribution in [3.63, 3.8) is 0 Å². The Morgan fingerprint density at radius 2 is 2.00 bits per heavy atom. The van der Waals surface area contributed by atoms with Crippen molar-refractivity contribution in [3.8, 4) is 5.75 Å². The van der Waals surface area contributed by atoms with E-state index in [9.17, 15) is 4.79 Å². The Labute approximate surface area is 148 Å². The second kappa shape index (κ2) is 7.06. The van der Waals surface area contributed by atoms with Gasteiger partial charge in [0.25, 0.3) is 5.91 Å². The zero-order chi connectivity index (χ0) is 18.1. The van der Waals surface area contributed by atoms with E-state index < -0.39 is 0 Å². The van der Waals surface area contributed by atoms with Gasteiger partial charge in [0.2, 0.25) is 0 Å². The van der Waals surface area contributed by atoms with Gasteiger partial charge in [0, 0.05) is 44.7 Å². The number of rotatable bonds is 5. The standard InChI is InChI=1S/C19H27N3O3/c1-12(2)22-10-15(18(11-22)25-5)20-19(23)17-8-13-6-7-14(24-4)9-16(13)21(17)3/h6-9,12,15,18H,10-11H2,1-5H3,(H,20,23)/t15-,18-/m0/s1. The maximum Gasteiger partial charge on any atom is 0.268 e. The molecule has 0 aliphatic carbocycles. The van der Waals surface area contributed by atoms with Gasteiger partial charge >= 0.3 is 0 Å². The molecule has 0 unspecified atom stereocenters. The predicted molar refractivity (Wildman–Crippen MR) is 98.2 cm³/mol. The predicted octanol–water partition coefficient (Wildman–Crippen LogP) is 2.02. The van der Waals surface area contributed by atoms with Gasteiger partial charge in [0.1, 0.15) is 11.4 Å². The van der Waals surface area contributed by atoms with Crippen molar-refractivity contribution in [3.05, 3.63) is 30.0 Å². The zero-order valence-corrected chi connectivity index (χ0v) is 15.6. The first kappa shape index (κ1) is 17.8. The molecular formula is C19H27N3O3. The molecule has 0 saturated carbocycles. The number of benzene rings is 1. The summed E-state index contributed by atoms with van der Waals surface area (Å²) in [6, 6.07) is 8.17. The highest BCUT2D eigenvalue weighted by Crippen LogP contribution is 2.24. The number of hydrogen-bond donors (Lipinski definition) is 1. The Balaban J connectivity index is 1.81. The molecule has 1 saturated heterocycles. The van der Waals surface area contributed by atoms with E-state index in [1.807, 2.05) is 35.9 Å². The Hall–Kier alpha value is -2.05. The summed E-state index contributed by atoms with van der Waals surface area (Å²) in [5, 5.41) is 4.17. The van der Waals surface area contributed by atoms with Crippen molar-refractivity contribution < 1.29 is 14.3 Å². The zero-order valence-electron chi connectivity index (χ0n) is 15.6. The quantitative estimate of drug-likeness (QED) is 0.901. The van der Waals surface area contributed by atoms with E-state index >= 15 is 0 Å². The van der Waals surface area contributed by atoms with Gasteiger partial charge in [-0.05, 0) is 32.0 Å². The van der Waals surface area contributed by atoms with Crippen LogP contribution in [0.15, 0.2) is 24.3 Å². The molecule has 1 amide bonds. The van der Waals surface area contributed by atoms with Gasteiger partial charge in [-0.15, -0.1) is 0 Å². The number of carbonyl (C=O) groups excluding carboxylic acids is 1. The average Bonchev–Trinajstić information content (AvgIpc) is 3.16. The van der Waals surface area contributed by atoms with E-state index in [2.05, 4.69) is 24.1 Å².